The molecule has 1 aromatic carbocycles. The average molecular weight is 508 g/mol. The SMILES string of the molecule is Nc1cc(C2=CC3=NC2=CC2=NC(=CC4=NC(=CC5=NC(=C3)C=C5)C=C4)C=C2)c(N)c(N)c1N.[Cu]. The molecular formula is C26H20CuN8. The minimum atomic E-state index is 0. The number of rotatable bonds is 1. The van der Waals surface area contributed by atoms with Crippen LogP contribution >= 0.6 is 0 Å². The van der Waals surface area contributed by atoms with Crippen LogP contribution in [0.1, 0.15) is 5.56 Å². The topological polar surface area (TPSA) is 154 Å². The van der Waals surface area contributed by atoms with Crippen molar-refractivity contribution in [2.45, 2.75) is 0 Å². The van der Waals surface area contributed by atoms with E-state index in [4.69, 9.17) is 32.9 Å². The van der Waals surface area contributed by atoms with Crippen LogP contribution in [0.25, 0.3) is 5.57 Å². The first-order valence-electron chi connectivity index (χ1n) is 10.6. The predicted octanol–water partition coefficient (Wildman–Crippen LogP) is 3.43. The minimum absolute atomic E-state index is 0. The number of hydrogen-bond donors (Lipinski definition) is 4. The minimum Gasteiger partial charge on any atom is -0.397 e. The molecule has 0 aromatic heterocycles. The van der Waals surface area contributed by atoms with Crippen molar-refractivity contribution in [3.8, 4) is 0 Å². The Morgan fingerprint density at radius 2 is 1.00 bits per heavy atom. The Morgan fingerprint density at radius 3 is 1.57 bits per heavy atom. The van der Waals surface area contributed by atoms with Gasteiger partial charge in [0.05, 0.1) is 68.4 Å². The molecule has 0 unspecified atom stereocenters. The van der Waals surface area contributed by atoms with Crippen molar-refractivity contribution in [3.05, 3.63) is 101 Å². The number of aliphatic imine (C=N–C) groups is 4. The Bertz CT molecular complexity index is 1570. The fraction of sp³-hybridized carbons (Fsp3) is 0. The number of nitrogens with zero attached hydrogens (tertiary/aromatic N) is 4. The van der Waals surface area contributed by atoms with Gasteiger partial charge in [-0.15, -0.1) is 0 Å². The van der Waals surface area contributed by atoms with Crippen LogP contribution in [0.5, 0.6) is 0 Å². The van der Waals surface area contributed by atoms with Gasteiger partial charge in [-0.1, -0.05) is 0 Å². The van der Waals surface area contributed by atoms with Crippen LogP contribution < -0.4 is 22.9 Å². The van der Waals surface area contributed by atoms with Gasteiger partial charge in [-0.2, -0.15) is 0 Å². The predicted molar refractivity (Wildman–Crippen MR) is 142 cm³/mol. The standard InChI is InChI=1S/C26H20N8.Cu/c27-22-12-21(24(28)26(30)25(22)29)20-10-19-9-17-4-3-15(32-17)7-13-1-2-14(31-13)8-16-5-6-18(33-16)11-23(20)34-19;/h1-12H,27-30H2;. The summed E-state index contributed by atoms with van der Waals surface area (Å²) in [5.74, 6) is 0. The van der Waals surface area contributed by atoms with E-state index in [1.807, 2.05) is 66.8 Å². The average Bonchev–Trinajstić information content (AvgIpc) is 3.60. The number of allylic oxidation sites excluding steroid dienone is 12. The summed E-state index contributed by atoms with van der Waals surface area (Å²) in [4.78, 5) is 18.8. The van der Waals surface area contributed by atoms with Crippen molar-refractivity contribution in [2.75, 3.05) is 22.9 Å². The van der Waals surface area contributed by atoms with E-state index in [0.717, 1.165) is 45.5 Å². The van der Waals surface area contributed by atoms with Crippen LogP contribution in [0.4, 0.5) is 22.7 Å². The molecule has 5 aliphatic rings. The van der Waals surface area contributed by atoms with E-state index in [-0.39, 0.29) is 28.4 Å². The first-order chi connectivity index (χ1) is 16.4. The molecule has 0 spiro atoms. The fourth-order valence-corrected chi connectivity index (χ4v) is 4.09. The second-order valence-corrected chi connectivity index (χ2v) is 8.20. The van der Waals surface area contributed by atoms with E-state index in [2.05, 4.69) is 9.98 Å². The summed E-state index contributed by atoms with van der Waals surface area (Å²) >= 11 is 0. The molecule has 0 fully saturated rings. The maximum absolute atomic E-state index is 6.34. The Labute approximate surface area is 212 Å². The van der Waals surface area contributed by atoms with Crippen LogP contribution in [-0.4, -0.2) is 22.8 Å². The van der Waals surface area contributed by atoms with Crippen LogP contribution in [0.3, 0.4) is 0 Å². The molecule has 0 aliphatic carbocycles. The normalized spacial score (nSPS) is 19.1. The Kier molecular flexibility index (Phi) is 5.36. The number of benzene rings is 1. The van der Waals surface area contributed by atoms with Gasteiger partial charge in [0, 0.05) is 28.2 Å². The van der Waals surface area contributed by atoms with E-state index in [1.165, 1.54) is 0 Å². The number of nitrogens with two attached hydrogens (primary N) is 4. The molecule has 1 radical (unpaired) electrons. The molecule has 0 saturated heterocycles. The van der Waals surface area contributed by atoms with Gasteiger partial charge in [-0.05, 0) is 72.9 Å². The first kappa shape index (κ1) is 22.3. The summed E-state index contributed by atoms with van der Waals surface area (Å²) in [7, 11) is 0. The summed E-state index contributed by atoms with van der Waals surface area (Å²) in [6.07, 6.45) is 21.3. The summed E-state index contributed by atoms with van der Waals surface area (Å²) in [5.41, 5.74) is 33.5. The van der Waals surface area contributed by atoms with Gasteiger partial charge >= 0.3 is 0 Å². The van der Waals surface area contributed by atoms with E-state index in [1.54, 1.807) is 6.07 Å². The molecule has 0 saturated carbocycles. The van der Waals surface area contributed by atoms with Gasteiger partial charge in [-0.3, -0.25) is 0 Å². The van der Waals surface area contributed by atoms with E-state index in [9.17, 15) is 0 Å². The zero-order chi connectivity index (χ0) is 23.4. The Hall–Kier alpha value is -4.46. The summed E-state index contributed by atoms with van der Waals surface area (Å²) in [6.45, 7) is 0. The molecule has 9 heteroatoms. The quantitative estimate of drug-likeness (QED) is 0.339. The molecule has 35 heavy (non-hydrogen) atoms. The zero-order valence-electron chi connectivity index (χ0n) is 18.3. The van der Waals surface area contributed by atoms with Gasteiger partial charge in [0.25, 0.3) is 0 Å². The van der Waals surface area contributed by atoms with E-state index < -0.39 is 0 Å². The van der Waals surface area contributed by atoms with Crippen LogP contribution in [0.2, 0.25) is 0 Å². The molecule has 6 rings (SSSR count). The maximum atomic E-state index is 6.34. The van der Waals surface area contributed by atoms with Gasteiger partial charge in [0.1, 0.15) is 0 Å². The molecule has 0 amide bonds. The van der Waals surface area contributed by atoms with Crippen molar-refractivity contribution < 1.29 is 17.1 Å². The van der Waals surface area contributed by atoms with Crippen LogP contribution in [0.15, 0.2) is 116 Å². The molecule has 0 atom stereocenters. The Morgan fingerprint density at radius 1 is 0.486 bits per heavy atom. The van der Waals surface area contributed by atoms with Crippen molar-refractivity contribution in [3.63, 3.8) is 0 Å². The second-order valence-electron chi connectivity index (χ2n) is 8.20. The van der Waals surface area contributed by atoms with E-state index >= 15 is 0 Å². The molecule has 5 heterocycles. The van der Waals surface area contributed by atoms with Crippen molar-refractivity contribution >= 4 is 51.2 Å². The number of fused-ring (bicyclic) bond motifs is 4. The number of hydrogen-bond acceptors (Lipinski definition) is 8. The molecule has 8 N–H and O–H groups in total. The fourth-order valence-electron chi connectivity index (χ4n) is 4.09. The molecule has 1 aromatic rings. The maximum Gasteiger partial charge on any atom is 0.0809 e. The summed E-state index contributed by atoms with van der Waals surface area (Å²) < 4.78 is 0. The third-order valence-corrected chi connectivity index (χ3v) is 5.81. The van der Waals surface area contributed by atoms with Crippen molar-refractivity contribution in [1.29, 1.82) is 0 Å². The van der Waals surface area contributed by atoms with Crippen molar-refractivity contribution in [2.24, 2.45) is 20.0 Å². The van der Waals surface area contributed by atoms with Crippen LogP contribution in [-0.2, 0) is 17.1 Å². The third-order valence-electron chi connectivity index (χ3n) is 5.81. The zero-order valence-corrected chi connectivity index (χ0v) is 19.3. The monoisotopic (exact) mass is 507 g/mol. The van der Waals surface area contributed by atoms with Crippen molar-refractivity contribution in [1.82, 2.24) is 0 Å². The summed E-state index contributed by atoms with van der Waals surface area (Å²) in [5, 5.41) is 0. The van der Waals surface area contributed by atoms with Gasteiger partial charge in [-0.25, -0.2) is 20.0 Å². The molecular weight excluding hydrogens is 488 g/mol. The van der Waals surface area contributed by atoms with Gasteiger partial charge in [0.2, 0.25) is 0 Å². The number of anilines is 4. The molecule has 8 bridgehead atoms. The van der Waals surface area contributed by atoms with Crippen LogP contribution in [0, 0.1) is 0 Å². The van der Waals surface area contributed by atoms with E-state index in [0.29, 0.717) is 22.6 Å². The van der Waals surface area contributed by atoms with Gasteiger partial charge < -0.3 is 22.9 Å². The largest absolute Gasteiger partial charge is 0.397 e. The molecule has 8 nitrogen and oxygen atoms in total. The van der Waals surface area contributed by atoms with Gasteiger partial charge in [0.15, 0.2) is 0 Å². The smallest absolute Gasteiger partial charge is 0.0809 e. The third kappa shape index (κ3) is 4.03. The Balaban J connectivity index is 0.00000253. The number of nitrogen functional groups attached to an aromatic ring is 4. The second kappa shape index (κ2) is 8.39. The molecule has 5 aliphatic heterocycles. The summed E-state index contributed by atoms with van der Waals surface area (Å²) in [6, 6.07) is 1.73. The molecule has 175 valence electrons. The first-order valence-corrected chi connectivity index (χ1v) is 10.6.